The van der Waals surface area contributed by atoms with Crippen LogP contribution in [0.25, 0.3) is 0 Å². The van der Waals surface area contributed by atoms with Gasteiger partial charge in [-0.2, -0.15) is 0 Å². The summed E-state index contributed by atoms with van der Waals surface area (Å²) in [5.41, 5.74) is 0.122. The van der Waals surface area contributed by atoms with Gasteiger partial charge in [0.2, 0.25) is 0 Å². The molecule has 0 spiro atoms. The van der Waals surface area contributed by atoms with E-state index in [0.717, 1.165) is 19.6 Å². The molecule has 0 aromatic rings. The minimum atomic E-state index is 0.122. The van der Waals surface area contributed by atoms with Crippen LogP contribution in [-0.4, -0.2) is 25.3 Å². The Hall–Kier alpha value is -0.520. The van der Waals surface area contributed by atoms with E-state index in [2.05, 4.69) is 32.0 Å². The van der Waals surface area contributed by atoms with E-state index in [4.69, 9.17) is 11.2 Å². The van der Waals surface area contributed by atoms with Crippen LogP contribution in [0.5, 0.6) is 0 Å². The Kier molecular flexibility index (Phi) is 3.35. The molecule has 1 heterocycles. The number of hydrogen-bond donors (Lipinski definition) is 1. The zero-order chi connectivity index (χ0) is 9.90. The number of rotatable bonds is 2. The number of ether oxygens (including phenoxy) is 1. The van der Waals surface area contributed by atoms with E-state index in [9.17, 15) is 0 Å². The third-order valence-corrected chi connectivity index (χ3v) is 2.36. The fourth-order valence-electron chi connectivity index (χ4n) is 1.45. The van der Waals surface area contributed by atoms with Gasteiger partial charge in [0.15, 0.2) is 0 Å². The van der Waals surface area contributed by atoms with E-state index in [-0.39, 0.29) is 11.5 Å². The maximum absolute atomic E-state index is 5.48. The molecule has 1 fully saturated rings. The topological polar surface area (TPSA) is 21.3 Å². The smallest absolute Gasteiger partial charge is 0.0738 e. The van der Waals surface area contributed by atoms with Crippen molar-refractivity contribution in [1.82, 2.24) is 5.32 Å². The molecule has 1 N–H and O–H groups in total. The number of terminal acetylenes is 1. The van der Waals surface area contributed by atoms with Crippen molar-refractivity contribution >= 4 is 0 Å². The van der Waals surface area contributed by atoms with Crippen LogP contribution >= 0.6 is 0 Å². The summed E-state index contributed by atoms with van der Waals surface area (Å²) in [5.74, 6) is 2.80. The van der Waals surface area contributed by atoms with Crippen LogP contribution in [0.1, 0.15) is 27.2 Å². The summed E-state index contributed by atoms with van der Waals surface area (Å²) in [7, 11) is 0. The highest BCUT2D eigenvalue weighted by atomic mass is 16.5. The molecule has 0 bridgehead atoms. The van der Waals surface area contributed by atoms with Crippen molar-refractivity contribution in [2.45, 2.75) is 39.3 Å². The van der Waals surface area contributed by atoms with Gasteiger partial charge in [-0.3, -0.25) is 5.32 Å². The lowest BCUT2D eigenvalue weighted by atomic mass is 9.87. The van der Waals surface area contributed by atoms with E-state index in [0.29, 0.717) is 6.04 Å². The van der Waals surface area contributed by atoms with Crippen LogP contribution in [0.4, 0.5) is 0 Å². The predicted octanol–water partition coefficient (Wildman–Crippen LogP) is 1.41. The molecule has 0 radical (unpaired) electrons. The molecule has 2 atom stereocenters. The van der Waals surface area contributed by atoms with Crippen molar-refractivity contribution < 1.29 is 4.74 Å². The second-order valence-corrected chi connectivity index (χ2v) is 4.69. The molecule has 2 nitrogen and oxygen atoms in total. The lowest BCUT2D eigenvalue weighted by Gasteiger charge is -2.29. The van der Waals surface area contributed by atoms with Crippen LogP contribution < -0.4 is 5.32 Å². The lowest BCUT2D eigenvalue weighted by molar-refractivity contribution is 0.184. The fourth-order valence-corrected chi connectivity index (χ4v) is 1.45. The first-order chi connectivity index (χ1) is 6.04. The van der Waals surface area contributed by atoms with Gasteiger partial charge in [-0.15, -0.1) is 6.42 Å². The molecule has 1 rings (SSSR count). The van der Waals surface area contributed by atoms with E-state index in [1.807, 2.05) is 0 Å². The molecule has 2 unspecified atom stereocenters. The Morgan fingerprint density at radius 1 is 1.54 bits per heavy atom. The van der Waals surface area contributed by atoms with Crippen molar-refractivity contribution in [3.05, 3.63) is 0 Å². The largest absolute Gasteiger partial charge is 0.380 e. The van der Waals surface area contributed by atoms with Gasteiger partial charge in [-0.25, -0.2) is 0 Å². The van der Waals surface area contributed by atoms with Crippen molar-refractivity contribution in [2.24, 2.45) is 5.41 Å². The zero-order valence-electron chi connectivity index (χ0n) is 8.76. The van der Waals surface area contributed by atoms with E-state index >= 15 is 0 Å². The highest BCUT2D eigenvalue weighted by Crippen LogP contribution is 2.20. The maximum atomic E-state index is 5.48. The van der Waals surface area contributed by atoms with Gasteiger partial charge < -0.3 is 4.74 Å². The molecular weight excluding hydrogens is 162 g/mol. The molecule has 0 saturated carbocycles. The van der Waals surface area contributed by atoms with E-state index in [1.54, 1.807) is 0 Å². The molecule has 0 aliphatic carbocycles. The number of hydrogen-bond acceptors (Lipinski definition) is 2. The third kappa shape index (κ3) is 3.02. The minimum Gasteiger partial charge on any atom is -0.380 e. The second-order valence-electron chi connectivity index (χ2n) is 4.69. The van der Waals surface area contributed by atoms with E-state index in [1.165, 1.54) is 0 Å². The summed E-state index contributed by atoms with van der Waals surface area (Å²) in [6.07, 6.45) is 6.56. The third-order valence-electron chi connectivity index (χ3n) is 2.36. The molecule has 0 aromatic carbocycles. The van der Waals surface area contributed by atoms with Crippen molar-refractivity contribution in [1.29, 1.82) is 0 Å². The summed E-state index contributed by atoms with van der Waals surface area (Å²) in [4.78, 5) is 0. The van der Waals surface area contributed by atoms with Gasteiger partial charge in [0.1, 0.15) is 0 Å². The summed E-state index contributed by atoms with van der Waals surface area (Å²) in [6, 6.07) is 0.583. The Labute approximate surface area is 81.0 Å². The first kappa shape index (κ1) is 10.6. The first-order valence-corrected chi connectivity index (χ1v) is 4.84. The average Bonchev–Trinajstić information content (AvgIpc) is 2.49. The van der Waals surface area contributed by atoms with Gasteiger partial charge in [0.05, 0.1) is 12.6 Å². The van der Waals surface area contributed by atoms with Crippen LogP contribution in [0, 0.1) is 17.8 Å². The van der Waals surface area contributed by atoms with Crippen LogP contribution in [0.3, 0.4) is 0 Å². The molecular formula is C11H19NO. The van der Waals surface area contributed by atoms with Gasteiger partial charge in [0, 0.05) is 12.6 Å². The van der Waals surface area contributed by atoms with Crippen LogP contribution in [0.15, 0.2) is 0 Å². The summed E-state index contributed by atoms with van der Waals surface area (Å²) < 4.78 is 5.28. The van der Waals surface area contributed by atoms with Gasteiger partial charge in [-0.05, 0) is 11.8 Å². The summed E-state index contributed by atoms with van der Waals surface area (Å²) >= 11 is 0. The minimum absolute atomic E-state index is 0.122. The Morgan fingerprint density at radius 3 is 2.62 bits per heavy atom. The molecule has 0 aromatic heterocycles. The van der Waals surface area contributed by atoms with Gasteiger partial charge in [0.25, 0.3) is 0 Å². The molecule has 1 aliphatic heterocycles. The molecule has 1 aliphatic rings. The Balaban J connectivity index is 2.45. The van der Waals surface area contributed by atoms with Gasteiger partial charge in [-0.1, -0.05) is 26.7 Å². The Bertz CT molecular complexity index is 193. The zero-order valence-corrected chi connectivity index (χ0v) is 8.76. The Morgan fingerprint density at radius 2 is 2.23 bits per heavy atom. The summed E-state index contributed by atoms with van der Waals surface area (Å²) in [5, 5.41) is 3.44. The van der Waals surface area contributed by atoms with Crippen molar-refractivity contribution in [2.75, 3.05) is 13.2 Å². The predicted molar refractivity (Wildman–Crippen MR) is 54.4 cm³/mol. The molecule has 13 heavy (non-hydrogen) atoms. The molecule has 2 heteroatoms. The monoisotopic (exact) mass is 181 g/mol. The van der Waals surface area contributed by atoms with Crippen LogP contribution in [-0.2, 0) is 4.74 Å². The van der Waals surface area contributed by atoms with Crippen molar-refractivity contribution in [3.8, 4) is 12.3 Å². The molecule has 0 amide bonds. The van der Waals surface area contributed by atoms with E-state index < -0.39 is 0 Å². The SMILES string of the molecule is C#CC(NC1CCOC1)C(C)(C)C. The quantitative estimate of drug-likeness (QED) is 0.650. The van der Waals surface area contributed by atoms with Crippen LogP contribution in [0.2, 0.25) is 0 Å². The standard InChI is InChI=1S/C11H19NO/c1-5-10(11(2,3)4)12-9-6-7-13-8-9/h1,9-10,12H,6-8H2,2-4H3. The number of nitrogens with one attached hydrogen (secondary N) is 1. The van der Waals surface area contributed by atoms with Crippen molar-refractivity contribution in [3.63, 3.8) is 0 Å². The summed E-state index contributed by atoms with van der Waals surface area (Å²) in [6.45, 7) is 8.12. The lowest BCUT2D eigenvalue weighted by Crippen LogP contribution is -2.45. The van der Waals surface area contributed by atoms with Gasteiger partial charge >= 0.3 is 0 Å². The second kappa shape index (κ2) is 4.13. The fraction of sp³-hybridized carbons (Fsp3) is 0.818. The highest BCUT2D eigenvalue weighted by molar-refractivity contribution is 5.05. The highest BCUT2D eigenvalue weighted by Gasteiger charge is 2.26. The molecule has 74 valence electrons. The average molecular weight is 181 g/mol. The first-order valence-electron chi connectivity index (χ1n) is 4.84. The maximum Gasteiger partial charge on any atom is 0.0738 e. The normalized spacial score (nSPS) is 25.5. The molecule has 1 saturated heterocycles.